The average molecular weight is 1070 g/mol. The quantitative estimate of drug-likeness (QED) is 0.0272. The maximum atomic E-state index is 14.1. The first-order valence-electron chi connectivity index (χ1n) is 17.2. The van der Waals surface area contributed by atoms with Crippen molar-refractivity contribution in [3.63, 3.8) is 0 Å². The number of carboxylic acids is 2. The number of nitro groups is 1. The maximum Gasteiger partial charge on any atom is 0.416 e. The first kappa shape index (κ1) is 59.1. The zero-order valence-electron chi connectivity index (χ0n) is 34.2. The molecular formula is C34H36Cl3F6N6O14PS2. The van der Waals surface area contributed by atoms with E-state index in [0.29, 0.717) is 34.0 Å². The molecule has 5 N–H and O–H groups in total. The third kappa shape index (κ3) is 20.3. The van der Waals surface area contributed by atoms with Crippen LogP contribution in [0.3, 0.4) is 0 Å². The Kier molecular flexibility index (Phi) is 22.6. The number of ether oxygens (including phenoxy) is 1. The summed E-state index contributed by atoms with van der Waals surface area (Å²) >= 11 is 17.2. The van der Waals surface area contributed by atoms with E-state index in [0.717, 1.165) is 43.3 Å². The van der Waals surface area contributed by atoms with Gasteiger partial charge >= 0.3 is 30.4 Å². The molecule has 2 atom stereocenters. The number of hydrogen-bond donors (Lipinski definition) is 5. The van der Waals surface area contributed by atoms with Gasteiger partial charge in [0.2, 0.25) is 10.0 Å². The van der Waals surface area contributed by atoms with Gasteiger partial charge in [0.1, 0.15) is 41.5 Å². The van der Waals surface area contributed by atoms with Gasteiger partial charge in [-0.3, -0.25) is 29.8 Å². The highest BCUT2D eigenvalue weighted by Gasteiger charge is 2.31. The minimum Gasteiger partial charge on any atom is -0.778 e. The molecule has 0 aliphatic rings. The number of nitrogens with one attached hydrogen (secondary N) is 2. The van der Waals surface area contributed by atoms with Crippen molar-refractivity contribution in [2.24, 2.45) is 0 Å². The number of nitro benzene ring substituents is 1. The van der Waals surface area contributed by atoms with Gasteiger partial charge in [0.25, 0.3) is 11.6 Å². The van der Waals surface area contributed by atoms with Gasteiger partial charge in [-0.05, 0) is 59.8 Å². The van der Waals surface area contributed by atoms with E-state index >= 15 is 0 Å². The van der Waals surface area contributed by atoms with Crippen LogP contribution in [-0.2, 0) is 47.7 Å². The summed E-state index contributed by atoms with van der Waals surface area (Å²) in [7, 11) is -7.71. The van der Waals surface area contributed by atoms with Gasteiger partial charge in [0.15, 0.2) is 5.82 Å². The number of benzene rings is 3. The van der Waals surface area contributed by atoms with E-state index < -0.39 is 110 Å². The molecule has 4 rings (SSSR count). The molecule has 0 saturated heterocycles. The number of carbonyl (C=O) groups is 3. The summed E-state index contributed by atoms with van der Waals surface area (Å²) in [5, 5.41) is 31.6. The van der Waals surface area contributed by atoms with Crippen molar-refractivity contribution < 1.29 is 83.4 Å². The van der Waals surface area contributed by atoms with Gasteiger partial charge < -0.3 is 29.3 Å². The molecular weight excluding hydrogens is 1030 g/mol. The molecule has 1 amide bonds. The first-order chi connectivity index (χ1) is 30.1. The number of amides is 1. The van der Waals surface area contributed by atoms with Crippen molar-refractivity contribution in [2.45, 2.75) is 31.4 Å². The van der Waals surface area contributed by atoms with Crippen LogP contribution in [0.2, 0.25) is 10.0 Å². The van der Waals surface area contributed by atoms with Crippen molar-refractivity contribution >= 4 is 86.9 Å². The number of aliphatic carboxylic acids is 2. The van der Waals surface area contributed by atoms with E-state index in [4.69, 9.17) is 54.6 Å². The average Bonchev–Trinajstić information content (AvgIpc) is 3.44. The van der Waals surface area contributed by atoms with Gasteiger partial charge in [0, 0.05) is 23.6 Å². The second kappa shape index (κ2) is 25.3. The standard InChI is InChI=1S/C15H10ClF3N2O6S.C13H10Cl2F3N3O3.C3H8NO5P.C3H9S/c1-28(25,26)20-14(22)10-7-9(3-4-12(10)21(23)24)27-13-5-2-8(6-11(13)16)15(17,18)19;1-5-19-21(13(24)20(5)12(17)18)10-3-6(2-8(15)11(22)23)7(14)4-9(10)16;5-3(6)1-4-2-10(7,8)9;1-4(2)3/h2-7H,1H3,(H,20,22);3-4,8,12H,2H2,1H3,(H,22,23);4H,1-2H2,(H,5,6)(H2,7,8,9);1-3H3/q;;;+1/p-1. The summed E-state index contributed by atoms with van der Waals surface area (Å²) in [6, 6.07) is 6.98. The Bertz CT molecular complexity index is 2620. The van der Waals surface area contributed by atoms with Crippen LogP contribution in [0.5, 0.6) is 11.5 Å². The predicted molar refractivity (Wildman–Crippen MR) is 227 cm³/mol. The van der Waals surface area contributed by atoms with Gasteiger partial charge in [-0.25, -0.2) is 26.9 Å². The number of aromatic nitrogens is 3. The lowest BCUT2D eigenvalue weighted by molar-refractivity contribution is -0.385. The second-order valence-corrected chi connectivity index (χ2v) is 20.1. The number of alkyl halides is 6. The van der Waals surface area contributed by atoms with E-state index in [1.54, 1.807) is 4.72 Å². The Hall–Kier alpha value is -4.93. The Morgan fingerprint density at radius 3 is 2.06 bits per heavy atom. The summed E-state index contributed by atoms with van der Waals surface area (Å²) < 4.78 is 118. The van der Waals surface area contributed by atoms with Gasteiger partial charge in [-0.15, -0.1) is 16.7 Å². The minimum absolute atomic E-state index is 0.0926. The van der Waals surface area contributed by atoms with Gasteiger partial charge in [0.05, 0.1) is 53.4 Å². The molecule has 0 bridgehead atoms. The number of halogens is 9. The third-order valence-corrected chi connectivity index (χ3v) is 9.12. The maximum absolute atomic E-state index is 14.1. The summed E-state index contributed by atoms with van der Waals surface area (Å²) in [4.78, 5) is 72.7. The van der Waals surface area contributed by atoms with Crippen LogP contribution in [0.15, 0.2) is 53.3 Å². The number of carboxylic acid groups (broad SMARTS) is 2. The lowest BCUT2D eigenvalue weighted by atomic mass is 10.1. The molecule has 0 saturated carbocycles. The Morgan fingerprint density at radius 2 is 1.62 bits per heavy atom. The van der Waals surface area contributed by atoms with Crippen LogP contribution in [0.4, 0.5) is 32.0 Å². The van der Waals surface area contributed by atoms with Crippen molar-refractivity contribution in [3.05, 3.63) is 108 Å². The topological polar surface area (TPSA) is 302 Å². The highest BCUT2D eigenvalue weighted by Crippen LogP contribution is 2.37. The number of aryl methyl sites for hydroxylation is 1. The minimum atomic E-state index is -4.62. The van der Waals surface area contributed by atoms with E-state index in [-0.39, 0.29) is 38.9 Å². The molecule has 0 fully saturated rings. The highest BCUT2D eigenvalue weighted by atomic mass is 35.5. The fraction of sp³-hybridized carbons (Fsp3) is 0.324. The van der Waals surface area contributed by atoms with Crippen molar-refractivity contribution in [1.29, 1.82) is 0 Å². The second-order valence-electron chi connectivity index (χ2n) is 13.0. The molecule has 0 radical (unpaired) electrons. The van der Waals surface area contributed by atoms with Crippen molar-refractivity contribution in [3.8, 4) is 17.2 Å². The predicted octanol–water partition coefficient (Wildman–Crippen LogP) is 5.17. The SMILES string of the molecule is CS(=O)(=O)NC(=O)c1cc(Oc2ccc(C(F)(F)F)cc2Cl)ccc1[N+](=O)[O-].C[S+](C)C.Cc1nn(-c2cc(CC(Cl)C(=O)O)c(Cl)cc2F)c(=O)n1C(F)F.O=C(O)CNCP(=O)([O-])O. The van der Waals surface area contributed by atoms with Crippen LogP contribution in [0.1, 0.15) is 33.9 Å². The molecule has 0 aliphatic heterocycles. The molecule has 0 spiro atoms. The Morgan fingerprint density at radius 1 is 1.05 bits per heavy atom. The van der Waals surface area contributed by atoms with E-state index in [1.165, 1.54) is 0 Å². The molecule has 1 heterocycles. The first-order valence-corrected chi connectivity index (χ1v) is 24.5. The summed E-state index contributed by atoms with van der Waals surface area (Å²) in [6.07, 6.45) is 1.68. The number of hydrogen-bond acceptors (Lipinski definition) is 13. The van der Waals surface area contributed by atoms with Crippen LogP contribution in [0.25, 0.3) is 5.69 Å². The van der Waals surface area contributed by atoms with Crippen LogP contribution in [0, 0.1) is 22.9 Å². The molecule has 1 aromatic heterocycles. The van der Waals surface area contributed by atoms with E-state index in [9.17, 15) is 73.5 Å². The van der Waals surface area contributed by atoms with Gasteiger partial charge in [-0.1, -0.05) is 23.2 Å². The van der Waals surface area contributed by atoms with Crippen molar-refractivity contribution in [2.75, 3.05) is 37.9 Å². The number of sulfonamides is 1. The Balaban J connectivity index is 0.000000517. The zero-order chi connectivity index (χ0) is 51.2. The van der Waals surface area contributed by atoms with E-state index in [1.807, 2.05) is 5.32 Å². The number of carbonyl (C=O) groups excluding carboxylic acids is 1. The summed E-state index contributed by atoms with van der Waals surface area (Å²) in [5.41, 5.74) is -3.89. The fourth-order valence-electron chi connectivity index (χ4n) is 4.37. The van der Waals surface area contributed by atoms with Gasteiger partial charge in [-0.2, -0.15) is 26.6 Å². The Labute approximate surface area is 387 Å². The molecule has 4 aromatic rings. The molecule has 66 heavy (non-hydrogen) atoms. The third-order valence-electron chi connectivity index (χ3n) is 6.95. The van der Waals surface area contributed by atoms with Crippen LogP contribution < -0.4 is 25.4 Å². The molecule has 32 heteroatoms. The smallest absolute Gasteiger partial charge is 0.416 e. The molecule has 366 valence electrons. The summed E-state index contributed by atoms with van der Waals surface area (Å²) in [5.74, 6) is -5.46. The molecule has 2 unspecified atom stereocenters. The molecule has 20 nitrogen and oxygen atoms in total. The summed E-state index contributed by atoms with van der Waals surface area (Å²) in [6.45, 7) is -2.45. The molecule has 3 aromatic carbocycles. The van der Waals surface area contributed by atoms with Crippen LogP contribution >= 0.6 is 42.4 Å². The normalized spacial score (nSPS) is 12.6. The molecule has 0 aliphatic carbocycles. The van der Waals surface area contributed by atoms with Crippen LogP contribution in [-0.4, -0.2) is 104 Å². The van der Waals surface area contributed by atoms with Crippen molar-refractivity contribution in [1.82, 2.24) is 24.4 Å². The monoisotopic (exact) mass is 1070 g/mol. The lowest BCUT2D eigenvalue weighted by Gasteiger charge is -2.14. The fourth-order valence-corrected chi connectivity index (χ4v) is 5.83. The highest BCUT2D eigenvalue weighted by molar-refractivity contribution is 7.94. The lowest BCUT2D eigenvalue weighted by Crippen LogP contribution is -2.29. The number of nitrogens with zero attached hydrogens (tertiary/aromatic N) is 4. The number of rotatable bonds is 14. The van der Waals surface area contributed by atoms with E-state index in [2.05, 4.69) is 23.9 Å². The largest absolute Gasteiger partial charge is 0.778 e. The zero-order valence-corrected chi connectivity index (χ0v) is 39.0.